The summed E-state index contributed by atoms with van der Waals surface area (Å²) in [5.74, 6) is 1.12. The van der Waals surface area contributed by atoms with Crippen molar-refractivity contribution in [1.29, 1.82) is 0 Å². The Bertz CT molecular complexity index is 695. The molecular weight excluding hydrogens is 356 g/mol. The Morgan fingerprint density at radius 2 is 1.82 bits per heavy atom. The van der Waals surface area contributed by atoms with Crippen molar-refractivity contribution in [1.82, 2.24) is 0 Å². The molecule has 0 aromatic rings. The Hall–Kier alpha value is -1.39. The van der Waals surface area contributed by atoms with E-state index >= 15 is 0 Å². The van der Waals surface area contributed by atoms with Gasteiger partial charge >= 0.3 is 11.9 Å². The molecule has 0 saturated heterocycles. The number of hydrogen-bond acceptors (Lipinski definition) is 4. The van der Waals surface area contributed by atoms with E-state index in [1.54, 1.807) is 0 Å². The highest BCUT2D eigenvalue weighted by Crippen LogP contribution is 2.71. The number of fused-ring (bicyclic) bond motifs is 3. The zero-order chi connectivity index (χ0) is 20.3. The molecule has 4 fully saturated rings. The second-order valence-electron chi connectivity index (χ2n) is 10.6. The summed E-state index contributed by atoms with van der Waals surface area (Å²) < 4.78 is 4.95. The van der Waals surface area contributed by atoms with E-state index in [-0.39, 0.29) is 23.2 Å². The lowest BCUT2D eigenvalue weighted by molar-refractivity contribution is -0.157. The first-order valence-electron chi connectivity index (χ1n) is 11.0. The van der Waals surface area contributed by atoms with E-state index in [0.717, 1.165) is 44.9 Å². The van der Waals surface area contributed by atoms with Crippen molar-refractivity contribution in [2.45, 2.75) is 78.1 Å². The zero-order valence-corrected chi connectivity index (χ0v) is 17.5. The Morgan fingerprint density at radius 1 is 1.11 bits per heavy atom. The molecule has 28 heavy (non-hydrogen) atoms. The molecule has 1 spiro atoms. The van der Waals surface area contributed by atoms with Gasteiger partial charge in [0.15, 0.2) is 0 Å². The number of carbonyl (C=O) groups is 3. The van der Waals surface area contributed by atoms with Gasteiger partial charge in [-0.15, -0.1) is 0 Å². The Labute approximate surface area is 167 Å². The van der Waals surface area contributed by atoms with Crippen LogP contribution in [0, 0.1) is 39.9 Å². The molecule has 5 heteroatoms. The van der Waals surface area contributed by atoms with Crippen molar-refractivity contribution in [3.05, 3.63) is 0 Å². The second kappa shape index (κ2) is 6.56. The first-order chi connectivity index (χ1) is 13.2. The SMILES string of the molecule is COC(=O)C[C@H]1CCC2C3CC4(CC4)C(=O)[C@](C)(CCC(=O)O)C3CC[C@@]21C. The van der Waals surface area contributed by atoms with Gasteiger partial charge in [0.05, 0.1) is 7.11 Å². The normalized spacial score (nSPS) is 43.3. The van der Waals surface area contributed by atoms with Gasteiger partial charge < -0.3 is 9.84 Å². The first-order valence-corrected chi connectivity index (χ1v) is 11.0. The van der Waals surface area contributed by atoms with E-state index in [1.807, 2.05) is 0 Å². The molecule has 3 unspecified atom stereocenters. The molecule has 5 nitrogen and oxygen atoms in total. The summed E-state index contributed by atoms with van der Waals surface area (Å²) >= 11 is 0. The van der Waals surface area contributed by atoms with Gasteiger partial charge in [-0.2, -0.15) is 0 Å². The summed E-state index contributed by atoms with van der Waals surface area (Å²) in [6, 6.07) is 0. The van der Waals surface area contributed by atoms with Crippen molar-refractivity contribution in [2.75, 3.05) is 7.11 Å². The maximum Gasteiger partial charge on any atom is 0.305 e. The van der Waals surface area contributed by atoms with E-state index in [4.69, 9.17) is 4.74 Å². The smallest absolute Gasteiger partial charge is 0.305 e. The largest absolute Gasteiger partial charge is 0.481 e. The van der Waals surface area contributed by atoms with Gasteiger partial charge in [-0.25, -0.2) is 0 Å². The van der Waals surface area contributed by atoms with Crippen LogP contribution in [0.15, 0.2) is 0 Å². The molecule has 0 aromatic heterocycles. The molecule has 0 heterocycles. The van der Waals surface area contributed by atoms with Crippen LogP contribution >= 0.6 is 0 Å². The van der Waals surface area contributed by atoms with E-state index < -0.39 is 11.4 Å². The van der Waals surface area contributed by atoms with Crippen LogP contribution in [0.1, 0.15) is 78.1 Å². The van der Waals surface area contributed by atoms with Gasteiger partial charge in [-0.3, -0.25) is 14.4 Å². The maximum atomic E-state index is 13.5. The fourth-order valence-corrected chi connectivity index (χ4v) is 7.66. The first kappa shape index (κ1) is 19.9. The van der Waals surface area contributed by atoms with E-state index in [1.165, 1.54) is 7.11 Å². The van der Waals surface area contributed by atoms with E-state index in [2.05, 4.69) is 13.8 Å². The second-order valence-corrected chi connectivity index (χ2v) is 10.6. The monoisotopic (exact) mass is 390 g/mol. The predicted molar refractivity (Wildman–Crippen MR) is 103 cm³/mol. The van der Waals surface area contributed by atoms with Crippen LogP contribution in [0.3, 0.4) is 0 Å². The molecule has 0 radical (unpaired) electrons. The summed E-state index contributed by atoms with van der Waals surface area (Å²) in [6.07, 6.45) is 8.19. The van der Waals surface area contributed by atoms with Crippen molar-refractivity contribution in [2.24, 2.45) is 39.9 Å². The molecule has 0 aliphatic heterocycles. The van der Waals surface area contributed by atoms with Gasteiger partial charge in [0.25, 0.3) is 0 Å². The number of ether oxygens (including phenoxy) is 1. The molecular formula is C23H34O5. The molecule has 0 amide bonds. The Balaban J connectivity index is 1.62. The minimum Gasteiger partial charge on any atom is -0.481 e. The third kappa shape index (κ3) is 2.83. The Kier molecular flexibility index (Phi) is 4.67. The zero-order valence-electron chi connectivity index (χ0n) is 17.5. The van der Waals surface area contributed by atoms with Gasteiger partial charge in [-0.05, 0) is 80.5 Å². The van der Waals surface area contributed by atoms with Crippen LogP contribution in [-0.4, -0.2) is 29.9 Å². The van der Waals surface area contributed by atoms with Gasteiger partial charge in [0, 0.05) is 23.7 Å². The number of carboxylic acids is 1. The summed E-state index contributed by atoms with van der Waals surface area (Å²) in [5.41, 5.74) is -0.536. The number of methoxy groups -OCH3 is 1. The van der Waals surface area contributed by atoms with Crippen molar-refractivity contribution >= 4 is 17.7 Å². The number of hydrogen-bond donors (Lipinski definition) is 1. The standard InChI is InChI=1S/C23H34O5/c1-21-8-6-17-15(16(21)5-4-14(21)12-19(26)28-3)13-23(10-11-23)20(27)22(17,2)9-7-18(24)25/h14-17H,4-13H2,1-3H3,(H,24,25)/t14-,15?,16?,17?,21-,22-/m1/s1. The summed E-state index contributed by atoms with van der Waals surface area (Å²) in [7, 11) is 1.46. The third-order valence-corrected chi connectivity index (χ3v) is 9.43. The van der Waals surface area contributed by atoms with Crippen molar-refractivity contribution in [3.8, 4) is 0 Å². The molecule has 156 valence electrons. The fourth-order valence-electron chi connectivity index (χ4n) is 7.66. The number of ketones is 1. The number of rotatable bonds is 5. The molecule has 4 rings (SSSR count). The average molecular weight is 391 g/mol. The van der Waals surface area contributed by atoms with Crippen LogP contribution in [0.2, 0.25) is 0 Å². The number of Topliss-reactive ketones (excluding diaryl/α,β-unsaturated/α-hetero) is 1. The van der Waals surface area contributed by atoms with Gasteiger partial charge in [0.1, 0.15) is 5.78 Å². The minimum atomic E-state index is -0.805. The highest BCUT2D eigenvalue weighted by atomic mass is 16.5. The number of esters is 1. The minimum absolute atomic E-state index is 0.0778. The van der Waals surface area contributed by atoms with E-state index in [9.17, 15) is 19.5 Å². The number of carbonyl (C=O) groups excluding carboxylic acids is 2. The quantitative estimate of drug-likeness (QED) is 0.711. The van der Waals surface area contributed by atoms with Crippen LogP contribution < -0.4 is 0 Å². The molecule has 0 aromatic carbocycles. The highest BCUT2D eigenvalue weighted by Gasteiger charge is 2.67. The van der Waals surface area contributed by atoms with Crippen molar-refractivity contribution < 1.29 is 24.2 Å². The topological polar surface area (TPSA) is 80.7 Å². The fraction of sp³-hybridized carbons (Fsp3) is 0.870. The lowest BCUT2D eigenvalue weighted by atomic mass is 9.46. The van der Waals surface area contributed by atoms with Crippen molar-refractivity contribution in [3.63, 3.8) is 0 Å². The van der Waals surface area contributed by atoms with Gasteiger partial charge in [0.2, 0.25) is 0 Å². The Morgan fingerprint density at radius 3 is 2.43 bits per heavy atom. The highest BCUT2D eigenvalue weighted by molar-refractivity contribution is 5.93. The number of carboxylic acid groups (broad SMARTS) is 1. The van der Waals surface area contributed by atoms with Crippen LogP contribution in [0.5, 0.6) is 0 Å². The van der Waals surface area contributed by atoms with Gasteiger partial charge in [-0.1, -0.05) is 13.8 Å². The molecule has 4 aliphatic rings. The molecule has 4 saturated carbocycles. The third-order valence-electron chi connectivity index (χ3n) is 9.43. The number of aliphatic carboxylic acids is 1. The van der Waals surface area contributed by atoms with Crippen LogP contribution in [0.25, 0.3) is 0 Å². The lowest BCUT2D eigenvalue weighted by Gasteiger charge is -2.57. The predicted octanol–water partition coefficient (Wildman–Crippen LogP) is 4.23. The average Bonchev–Trinajstić information content (AvgIpc) is 3.35. The summed E-state index contributed by atoms with van der Waals surface area (Å²) in [6.45, 7) is 4.43. The van der Waals surface area contributed by atoms with E-state index in [0.29, 0.717) is 42.3 Å². The molecule has 0 bridgehead atoms. The van der Waals surface area contributed by atoms with Crippen LogP contribution in [0.4, 0.5) is 0 Å². The molecule has 1 N–H and O–H groups in total. The maximum absolute atomic E-state index is 13.5. The lowest BCUT2D eigenvalue weighted by Crippen LogP contribution is -2.56. The summed E-state index contributed by atoms with van der Waals surface area (Å²) in [5, 5.41) is 9.26. The molecule has 4 aliphatic carbocycles. The molecule has 6 atom stereocenters. The summed E-state index contributed by atoms with van der Waals surface area (Å²) in [4.78, 5) is 36.7. The van der Waals surface area contributed by atoms with Crippen LogP contribution in [-0.2, 0) is 19.1 Å².